The molecule has 100 valence electrons. The smallest absolute Gasteiger partial charge is 0.142 e. The van der Waals surface area contributed by atoms with Crippen LogP contribution in [0.4, 0.5) is 5.69 Å². The third kappa shape index (κ3) is 3.64. The molecule has 0 radical (unpaired) electrons. The molecule has 0 saturated heterocycles. The number of nitrogens with one attached hydrogen (secondary N) is 1. The van der Waals surface area contributed by atoms with Gasteiger partial charge in [-0.05, 0) is 50.4 Å². The Kier molecular flexibility index (Phi) is 4.88. The predicted octanol–water partition coefficient (Wildman–Crippen LogP) is 2.74. The monoisotopic (exact) mass is 248 g/mol. The van der Waals surface area contributed by atoms with Crippen molar-refractivity contribution in [3.63, 3.8) is 0 Å². The van der Waals surface area contributed by atoms with Crippen molar-refractivity contribution < 1.29 is 4.74 Å². The molecule has 3 heteroatoms. The highest BCUT2D eigenvalue weighted by molar-refractivity contribution is 5.54. The van der Waals surface area contributed by atoms with Crippen LogP contribution >= 0.6 is 0 Å². The van der Waals surface area contributed by atoms with Gasteiger partial charge in [-0.15, -0.1) is 0 Å². The average molecular weight is 248 g/mol. The van der Waals surface area contributed by atoms with Crippen molar-refractivity contribution in [3.8, 4) is 5.75 Å². The minimum Gasteiger partial charge on any atom is -0.492 e. The van der Waals surface area contributed by atoms with Crippen LogP contribution in [0.5, 0.6) is 5.75 Å². The van der Waals surface area contributed by atoms with E-state index in [9.17, 15) is 0 Å². The van der Waals surface area contributed by atoms with E-state index in [-0.39, 0.29) is 0 Å². The van der Waals surface area contributed by atoms with Crippen molar-refractivity contribution in [2.24, 2.45) is 0 Å². The number of benzene rings is 1. The van der Waals surface area contributed by atoms with Crippen molar-refractivity contribution >= 4 is 5.69 Å². The van der Waals surface area contributed by atoms with E-state index in [1.54, 1.807) is 0 Å². The van der Waals surface area contributed by atoms with Gasteiger partial charge in [0.05, 0.1) is 12.3 Å². The molecule has 1 fully saturated rings. The zero-order valence-electron chi connectivity index (χ0n) is 11.2. The summed E-state index contributed by atoms with van der Waals surface area (Å²) in [4.78, 5) is 0. The Morgan fingerprint density at radius 2 is 2.11 bits per heavy atom. The van der Waals surface area contributed by atoms with Gasteiger partial charge in [0, 0.05) is 6.04 Å². The summed E-state index contributed by atoms with van der Waals surface area (Å²) in [7, 11) is 0. The summed E-state index contributed by atoms with van der Waals surface area (Å²) in [6.07, 6.45) is 6.48. The molecule has 1 aromatic rings. The lowest BCUT2D eigenvalue weighted by Gasteiger charge is -2.12. The summed E-state index contributed by atoms with van der Waals surface area (Å²) < 4.78 is 5.44. The Bertz CT molecular complexity index is 373. The molecular formula is C15H24N2O. The second-order valence-corrected chi connectivity index (χ2v) is 4.99. The number of rotatable bonds is 6. The molecule has 3 nitrogen and oxygen atoms in total. The highest BCUT2D eigenvalue weighted by atomic mass is 16.5. The van der Waals surface area contributed by atoms with Crippen molar-refractivity contribution in [3.05, 3.63) is 23.8 Å². The summed E-state index contributed by atoms with van der Waals surface area (Å²) >= 11 is 0. The lowest BCUT2D eigenvalue weighted by Crippen LogP contribution is -2.27. The Labute approximate surface area is 110 Å². The standard InChI is InChI=1S/C15H24N2O/c1-2-18-15-8-7-12(11-14(15)16)9-10-17-13-5-3-4-6-13/h7-8,11,13,17H,2-6,9-10,16H2,1H3. The molecule has 0 atom stereocenters. The Balaban J connectivity index is 1.80. The van der Waals surface area contributed by atoms with E-state index in [2.05, 4.69) is 11.4 Å². The van der Waals surface area contributed by atoms with Gasteiger partial charge in [-0.3, -0.25) is 0 Å². The van der Waals surface area contributed by atoms with E-state index in [0.717, 1.165) is 30.4 Å². The predicted molar refractivity (Wildman–Crippen MR) is 76.0 cm³/mol. The van der Waals surface area contributed by atoms with Crippen LogP contribution in [0.2, 0.25) is 0 Å². The fourth-order valence-electron chi connectivity index (χ4n) is 2.59. The number of ether oxygens (including phenoxy) is 1. The number of nitrogen functional groups attached to an aromatic ring is 1. The topological polar surface area (TPSA) is 47.3 Å². The first-order valence-corrected chi connectivity index (χ1v) is 7.04. The fraction of sp³-hybridized carbons (Fsp3) is 0.600. The number of anilines is 1. The molecule has 0 bridgehead atoms. The van der Waals surface area contributed by atoms with Crippen molar-refractivity contribution in [1.29, 1.82) is 0 Å². The molecule has 0 heterocycles. The summed E-state index contributed by atoms with van der Waals surface area (Å²) in [6, 6.07) is 6.85. The van der Waals surface area contributed by atoms with E-state index >= 15 is 0 Å². The Morgan fingerprint density at radius 1 is 1.33 bits per heavy atom. The average Bonchev–Trinajstić information content (AvgIpc) is 2.86. The largest absolute Gasteiger partial charge is 0.492 e. The molecule has 0 aliphatic heterocycles. The van der Waals surface area contributed by atoms with Gasteiger partial charge in [-0.2, -0.15) is 0 Å². The molecule has 2 rings (SSSR count). The van der Waals surface area contributed by atoms with Crippen LogP contribution < -0.4 is 15.8 Å². The van der Waals surface area contributed by atoms with Crippen LogP contribution in [0.1, 0.15) is 38.2 Å². The first-order valence-electron chi connectivity index (χ1n) is 7.04. The maximum absolute atomic E-state index is 5.96. The summed E-state index contributed by atoms with van der Waals surface area (Å²) in [5.74, 6) is 0.796. The fourth-order valence-corrected chi connectivity index (χ4v) is 2.59. The molecule has 3 N–H and O–H groups in total. The van der Waals surface area contributed by atoms with Crippen LogP contribution in [-0.4, -0.2) is 19.2 Å². The number of nitrogens with two attached hydrogens (primary N) is 1. The Hall–Kier alpha value is -1.22. The lowest BCUT2D eigenvalue weighted by atomic mass is 10.1. The molecule has 1 saturated carbocycles. The first kappa shape index (κ1) is 13.2. The van der Waals surface area contributed by atoms with Gasteiger partial charge in [0.25, 0.3) is 0 Å². The van der Waals surface area contributed by atoms with Crippen molar-refractivity contribution in [2.45, 2.75) is 45.1 Å². The molecule has 0 amide bonds. The third-order valence-corrected chi connectivity index (χ3v) is 3.58. The molecule has 1 aromatic carbocycles. The normalized spacial score (nSPS) is 16.1. The van der Waals surface area contributed by atoms with Crippen LogP contribution in [-0.2, 0) is 6.42 Å². The maximum atomic E-state index is 5.96. The van der Waals surface area contributed by atoms with Gasteiger partial charge in [0.2, 0.25) is 0 Å². The Morgan fingerprint density at radius 3 is 2.78 bits per heavy atom. The number of hydrogen-bond acceptors (Lipinski definition) is 3. The molecule has 18 heavy (non-hydrogen) atoms. The zero-order valence-corrected chi connectivity index (χ0v) is 11.2. The quantitative estimate of drug-likeness (QED) is 0.761. The minimum absolute atomic E-state index is 0.660. The van der Waals surface area contributed by atoms with Gasteiger partial charge < -0.3 is 15.8 Å². The SMILES string of the molecule is CCOc1ccc(CCNC2CCCC2)cc1N. The van der Waals surface area contributed by atoms with E-state index in [0.29, 0.717) is 6.61 Å². The van der Waals surface area contributed by atoms with E-state index in [4.69, 9.17) is 10.5 Å². The van der Waals surface area contributed by atoms with E-state index in [1.807, 2.05) is 19.1 Å². The molecule has 0 aromatic heterocycles. The van der Waals surface area contributed by atoms with Gasteiger partial charge >= 0.3 is 0 Å². The van der Waals surface area contributed by atoms with Crippen LogP contribution in [0, 0.1) is 0 Å². The second-order valence-electron chi connectivity index (χ2n) is 4.99. The zero-order chi connectivity index (χ0) is 12.8. The lowest BCUT2D eigenvalue weighted by molar-refractivity contribution is 0.342. The highest BCUT2D eigenvalue weighted by Crippen LogP contribution is 2.23. The molecule has 0 unspecified atom stereocenters. The molecule has 1 aliphatic carbocycles. The van der Waals surface area contributed by atoms with Crippen molar-refractivity contribution in [2.75, 3.05) is 18.9 Å². The molecule has 1 aliphatic rings. The van der Waals surface area contributed by atoms with Crippen molar-refractivity contribution in [1.82, 2.24) is 5.32 Å². The number of hydrogen-bond donors (Lipinski definition) is 2. The minimum atomic E-state index is 0.660. The van der Waals surface area contributed by atoms with Crippen LogP contribution in [0.3, 0.4) is 0 Å². The highest BCUT2D eigenvalue weighted by Gasteiger charge is 2.13. The van der Waals surface area contributed by atoms with Gasteiger partial charge in [-0.25, -0.2) is 0 Å². The molecule has 0 spiro atoms. The summed E-state index contributed by atoms with van der Waals surface area (Å²) in [5.41, 5.74) is 7.98. The van der Waals surface area contributed by atoms with Gasteiger partial charge in [0.1, 0.15) is 5.75 Å². The third-order valence-electron chi connectivity index (χ3n) is 3.58. The van der Waals surface area contributed by atoms with E-state index < -0.39 is 0 Å². The van der Waals surface area contributed by atoms with Crippen LogP contribution in [0.15, 0.2) is 18.2 Å². The first-order chi connectivity index (χ1) is 8.79. The maximum Gasteiger partial charge on any atom is 0.142 e. The summed E-state index contributed by atoms with van der Waals surface area (Å²) in [6.45, 7) is 3.67. The van der Waals surface area contributed by atoms with E-state index in [1.165, 1.54) is 31.2 Å². The van der Waals surface area contributed by atoms with Gasteiger partial charge in [-0.1, -0.05) is 18.9 Å². The second kappa shape index (κ2) is 6.64. The van der Waals surface area contributed by atoms with Gasteiger partial charge in [0.15, 0.2) is 0 Å². The molecular weight excluding hydrogens is 224 g/mol. The summed E-state index contributed by atoms with van der Waals surface area (Å²) in [5, 5.41) is 3.62. The van der Waals surface area contributed by atoms with Crippen LogP contribution in [0.25, 0.3) is 0 Å².